The van der Waals surface area contributed by atoms with Crippen LogP contribution in [0.4, 0.5) is 5.69 Å². The molecule has 0 bridgehead atoms. The van der Waals surface area contributed by atoms with E-state index in [9.17, 15) is 9.59 Å². The van der Waals surface area contributed by atoms with Gasteiger partial charge in [-0.2, -0.15) is 0 Å². The predicted molar refractivity (Wildman–Crippen MR) is 114 cm³/mol. The van der Waals surface area contributed by atoms with Gasteiger partial charge in [-0.3, -0.25) is 9.59 Å². The van der Waals surface area contributed by atoms with Gasteiger partial charge in [-0.1, -0.05) is 41.7 Å². The number of thioether (sulfide) groups is 2. The highest BCUT2D eigenvalue weighted by atomic mass is 32.2. The van der Waals surface area contributed by atoms with Gasteiger partial charge in [0.15, 0.2) is 0 Å². The van der Waals surface area contributed by atoms with E-state index >= 15 is 0 Å². The number of rotatable bonds is 9. The SMILES string of the molecule is CCN(CC)C(=O)CSc1nnc(SCC(=O)Nc2c(C)cccc2C)n1N. The molecular formula is C18H26N6O2S2. The van der Waals surface area contributed by atoms with Crippen LogP contribution < -0.4 is 11.2 Å². The maximum Gasteiger partial charge on any atom is 0.234 e. The summed E-state index contributed by atoms with van der Waals surface area (Å²) in [5, 5.41) is 11.8. The number of hydrogen-bond donors (Lipinski definition) is 2. The zero-order valence-corrected chi connectivity index (χ0v) is 18.2. The van der Waals surface area contributed by atoms with E-state index in [1.54, 1.807) is 4.90 Å². The van der Waals surface area contributed by atoms with Gasteiger partial charge < -0.3 is 16.1 Å². The quantitative estimate of drug-likeness (QED) is 0.472. The number of nitrogens with two attached hydrogens (primary N) is 1. The summed E-state index contributed by atoms with van der Waals surface area (Å²) < 4.78 is 1.32. The highest BCUT2D eigenvalue weighted by Crippen LogP contribution is 2.23. The normalized spacial score (nSPS) is 10.7. The zero-order chi connectivity index (χ0) is 20.7. The maximum absolute atomic E-state index is 12.3. The number of nitrogens with one attached hydrogen (secondary N) is 1. The summed E-state index contributed by atoms with van der Waals surface area (Å²) >= 11 is 2.44. The smallest absolute Gasteiger partial charge is 0.234 e. The summed E-state index contributed by atoms with van der Waals surface area (Å²) in [5.74, 6) is 6.30. The number of anilines is 1. The average molecular weight is 423 g/mol. The van der Waals surface area contributed by atoms with Crippen molar-refractivity contribution in [1.29, 1.82) is 0 Å². The van der Waals surface area contributed by atoms with E-state index in [1.165, 1.54) is 28.2 Å². The molecule has 1 heterocycles. The molecule has 0 aliphatic rings. The molecule has 0 aliphatic carbocycles. The molecule has 1 aromatic carbocycles. The molecular weight excluding hydrogens is 396 g/mol. The van der Waals surface area contributed by atoms with E-state index in [0.29, 0.717) is 23.4 Å². The number of aromatic nitrogens is 3. The van der Waals surface area contributed by atoms with Crippen molar-refractivity contribution in [3.63, 3.8) is 0 Å². The molecule has 0 atom stereocenters. The number of carbonyl (C=O) groups excluding carboxylic acids is 2. The number of nitrogen functional groups attached to an aromatic ring is 1. The Morgan fingerprint density at radius 2 is 1.61 bits per heavy atom. The molecule has 2 rings (SSSR count). The molecule has 3 N–H and O–H groups in total. The third kappa shape index (κ3) is 5.65. The van der Waals surface area contributed by atoms with Crippen molar-refractivity contribution in [1.82, 2.24) is 19.8 Å². The summed E-state index contributed by atoms with van der Waals surface area (Å²) in [5.41, 5.74) is 2.85. The van der Waals surface area contributed by atoms with E-state index in [-0.39, 0.29) is 23.3 Å². The Bertz CT molecular complexity index is 815. The van der Waals surface area contributed by atoms with Crippen LogP contribution in [0.2, 0.25) is 0 Å². The van der Waals surface area contributed by atoms with Crippen molar-refractivity contribution in [2.24, 2.45) is 0 Å². The number of para-hydroxylation sites is 1. The number of nitrogens with zero attached hydrogens (tertiary/aromatic N) is 4. The molecule has 1 aromatic heterocycles. The van der Waals surface area contributed by atoms with Gasteiger partial charge in [0.05, 0.1) is 11.5 Å². The van der Waals surface area contributed by atoms with Crippen LogP contribution in [-0.4, -0.2) is 56.2 Å². The Balaban J connectivity index is 1.90. The number of amides is 2. The second-order valence-corrected chi connectivity index (χ2v) is 7.98. The van der Waals surface area contributed by atoms with Crippen LogP contribution in [0.1, 0.15) is 25.0 Å². The number of benzene rings is 1. The molecule has 152 valence electrons. The Labute approximate surface area is 173 Å². The molecule has 2 aromatic rings. The first-order valence-electron chi connectivity index (χ1n) is 8.97. The van der Waals surface area contributed by atoms with Crippen LogP contribution >= 0.6 is 23.5 Å². The van der Waals surface area contributed by atoms with Crippen LogP contribution in [-0.2, 0) is 9.59 Å². The molecule has 8 nitrogen and oxygen atoms in total. The van der Waals surface area contributed by atoms with Gasteiger partial charge in [-0.05, 0) is 38.8 Å². The first-order valence-corrected chi connectivity index (χ1v) is 10.9. The lowest BCUT2D eigenvalue weighted by atomic mass is 10.1. The first kappa shape index (κ1) is 22.1. The fraction of sp³-hybridized carbons (Fsp3) is 0.444. The van der Waals surface area contributed by atoms with Gasteiger partial charge in [0.25, 0.3) is 0 Å². The molecule has 28 heavy (non-hydrogen) atoms. The molecule has 0 saturated heterocycles. The lowest BCUT2D eigenvalue weighted by molar-refractivity contribution is -0.128. The second kappa shape index (κ2) is 10.4. The Kier molecular flexibility index (Phi) is 8.18. The Morgan fingerprint density at radius 3 is 2.14 bits per heavy atom. The van der Waals surface area contributed by atoms with Gasteiger partial charge in [-0.15, -0.1) is 10.2 Å². The van der Waals surface area contributed by atoms with Crippen LogP contribution in [0, 0.1) is 13.8 Å². The minimum atomic E-state index is -0.142. The van der Waals surface area contributed by atoms with Crippen molar-refractivity contribution in [3.8, 4) is 0 Å². The van der Waals surface area contributed by atoms with E-state index < -0.39 is 0 Å². The van der Waals surface area contributed by atoms with Gasteiger partial charge in [0.1, 0.15) is 0 Å². The van der Waals surface area contributed by atoms with Crippen molar-refractivity contribution >= 4 is 41.0 Å². The van der Waals surface area contributed by atoms with E-state index in [2.05, 4.69) is 15.5 Å². The lowest BCUT2D eigenvalue weighted by Crippen LogP contribution is -2.32. The molecule has 0 aliphatic heterocycles. The molecule has 0 fully saturated rings. The topological polar surface area (TPSA) is 106 Å². The zero-order valence-electron chi connectivity index (χ0n) is 16.6. The van der Waals surface area contributed by atoms with E-state index in [0.717, 1.165) is 16.8 Å². The van der Waals surface area contributed by atoms with E-state index in [1.807, 2.05) is 45.9 Å². The second-order valence-electron chi connectivity index (χ2n) is 6.09. The van der Waals surface area contributed by atoms with Crippen molar-refractivity contribution in [3.05, 3.63) is 29.3 Å². The molecule has 0 spiro atoms. The fourth-order valence-corrected chi connectivity index (χ4v) is 4.05. The fourth-order valence-electron chi connectivity index (χ4n) is 2.57. The third-order valence-electron chi connectivity index (χ3n) is 4.15. The minimum absolute atomic E-state index is 0.0279. The Hall–Kier alpha value is -2.20. The summed E-state index contributed by atoms with van der Waals surface area (Å²) in [7, 11) is 0. The molecule has 0 unspecified atom stereocenters. The standard InChI is InChI=1S/C18H26N6O2S2/c1-5-23(6-2)15(26)11-28-18-22-21-17(24(18)19)27-10-14(25)20-16-12(3)8-7-9-13(16)4/h7-9H,5-6,10-11,19H2,1-4H3,(H,20,25). The van der Waals surface area contributed by atoms with Crippen LogP contribution in [0.5, 0.6) is 0 Å². The highest BCUT2D eigenvalue weighted by Gasteiger charge is 2.16. The van der Waals surface area contributed by atoms with Crippen molar-refractivity contribution in [2.45, 2.75) is 38.0 Å². The summed E-state index contributed by atoms with van der Waals surface area (Å²) in [6, 6.07) is 5.86. The molecule has 0 radical (unpaired) electrons. The number of carbonyl (C=O) groups is 2. The summed E-state index contributed by atoms with van der Waals surface area (Å²) in [6.07, 6.45) is 0. The minimum Gasteiger partial charge on any atom is -0.343 e. The monoisotopic (exact) mass is 422 g/mol. The van der Waals surface area contributed by atoms with Crippen LogP contribution in [0.25, 0.3) is 0 Å². The summed E-state index contributed by atoms with van der Waals surface area (Å²) in [6.45, 7) is 9.12. The highest BCUT2D eigenvalue weighted by molar-refractivity contribution is 8.00. The average Bonchev–Trinajstić information content (AvgIpc) is 3.02. The van der Waals surface area contributed by atoms with E-state index in [4.69, 9.17) is 5.84 Å². The van der Waals surface area contributed by atoms with Gasteiger partial charge in [0.2, 0.25) is 22.1 Å². The maximum atomic E-state index is 12.3. The molecule has 0 saturated carbocycles. The van der Waals surface area contributed by atoms with Crippen LogP contribution in [0.15, 0.2) is 28.5 Å². The largest absolute Gasteiger partial charge is 0.343 e. The predicted octanol–water partition coefficient (Wildman–Crippen LogP) is 2.30. The molecule has 2 amide bonds. The van der Waals surface area contributed by atoms with Gasteiger partial charge in [-0.25, -0.2) is 4.68 Å². The van der Waals surface area contributed by atoms with Gasteiger partial charge in [0, 0.05) is 18.8 Å². The van der Waals surface area contributed by atoms with Crippen molar-refractivity contribution in [2.75, 3.05) is 35.8 Å². The Morgan fingerprint density at radius 1 is 1.07 bits per heavy atom. The number of aryl methyl sites for hydroxylation is 2. The van der Waals surface area contributed by atoms with Crippen LogP contribution in [0.3, 0.4) is 0 Å². The molecule has 10 heteroatoms. The number of hydrogen-bond acceptors (Lipinski definition) is 7. The van der Waals surface area contributed by atoms with Crippen molar-refractivity contribution < 1.29 is 9.59 Å². The lowest BCUT2D eigenvalue weighted by Gasteiger charge is -2.17. The third-order valence-corrected chi connectivity index (χ3v) is 6.02. The first-order chi connectivity index (χ1) is 13.4. The summed E-state index contributed by atoms with van der Waals surface area (Å²) in [4.78, 5) is 26.1. The van der Waals surface area contributed by atoms with Gasteiger partial charge >= 0.3 is 0 Å².